The van der Waals surface area contributed by atoms with Crippen LogP contribution in [0.1, 0.15) is 160 Å². The van der Waals surface area contributed by atoms with E-state index in [2.05, 4.69) is 52.9 Å². The maximum atomic E-state index is 14.3. The molecule has 1 unspecified atom stereocenters. The molecule has 2 N–H and O–H groups in total. The number of nitrogens with one attached hydrogen (secondary N) is 1. The van der Waals surface area contributed by atoms with Crippen LogP contribution >= 0.6 is 0 Å². The van der Waals surface area contributed by atoms with Crippen LogP contribution in [0.5, 0.6) is 0 Å². The zero-order valence-electron chi connectivity index (χ0n) is 36.4. The number of carbonyl (C=O) groups excluding carboxylic acids is 3. The van der Waals surface area contributed by atoms with Gasteiger partial charge >= 0.3 is 23.6 Å². The first kappa shape index (κ1) is 41.3. The number of hydrogen-bond acceptors (Lipinski definition) is 6. The summed E-state index contributed by atoms with van der Waals surface area (Å²) in [5.41, 5.74) is -2.44. The van der Waals surface area contributed by atoms with Crippen molar-refractivity contribution < 1.29 is 33.8 Å². The Morgan fingerprint density at radius 1 is 0.875 bits per heavy atom. The van der Waals surface area contributed by atoms with Crippen LogP contribution in [-0.2, 0) is 23.9 Å². The van der Waals surface area contributed by atoms with Crippen molar-refractivity contribution in [2.24, 2.45) is 62.1 Å². The smallest absolute Gasteiger partial charge is 0.407 e. The molecular formula is C46H72N3O7+. The Labute approximate surface area is 336 Å². The fourth-order valence-electron chi connectivity index (χ4n) is 14.8. The third-order valence-electron chi connectivity index (χ3n) is 18.1. The first-order chi connectivity index (χ1) is 25.9. The van der Waals surface area contributed by atoms with Crippen LogP contribution in [0, 0.1) is 68.1 Å². The van der Waals surface area contributed by atoms with E-state index in [4.69, 9.17) is 14.3 Å². The molecule has 312 valence electrons. The van der Waals surface area contributed by atoms with Gasteiger partial charge in [-0.05, 0) is 152 Å². The van der Waals surface area contributed by atoms with Gasteiger partial charge in [0.15, 0.2) is 0 Å². The molecule has 0 aromatic carbocycles. The van der Waals surface area contributed by atoms with E-state index >= 15 is 0 Å². The van der Waals surface area contributed by atoms with Crippen LogP contribution in [-0.4, -0.2) is 70.3 Å². The summed E-state index contributed by atoms with van der Waals surface area (Å²) in [5.74, 6) is 1.49. The van der Waals surface area contributed by atoms with Gasteiger partial charge in [-0.15, -0.1) is 0 Å². The average molecular weight is 779 g/mol. The molecule has 10 nitrogen and oxygen atoms in total. The molecule has 56 heavy (non-hydrogen) atoms. The number of carboxylic acids is 1. The molecular weight excluding hydrogens is 707 g/mol. The number of esters is 1. The molecule has 2 aliphatic heterocycles. The summed E-state index contributed by atoms with van der Waals surface area (Å²) in [6.45, 7) is 24.7. The van der Waals surface area contributed by atoms with Crippen molar-refractivity contribution in [2.75, 3.05) is 13.1 Å². The minimum atomic E-state index is -1.19. The number of ether oxygens (including phenoxy) is 2. The number of hydrogen-bond donors (Lipinski definition) is 2. The van der Waals surface area contributed by atoms with Crippen molar-refractivity contribution in [1.82, 2.24) is 10.2 Å². The Morgan fingerprint density at radius 3 is 2.20 bits per heavy atom. The lowest BCUT2D eigenvalue weighted by molar-refractivity contribution is -0.250. The highest BCUT2D eigenvalue weighted by molar-refractivity contribution is 5.81. The third kappa shape index (κ3) is 6.03. The summed E-state index contributed by atoms with van der Waals surface area (Å²) in [7, 11) is 0. The van der Waals surface area contributed by atoms with Crippen molar-refractivity contribution in [1.29, 1.82) is 0 Å². The molecule has 1 saturated heterocycles. The van der Waals surface area contributed by atoms with E-state index in [0.29, 0.717) is 49.1 Å². The van der Waals surface area contributed by atoms with Crippen LogP contribution in [0.2, 0.25) is 0 Å². The van der Waals surface area contributed by atoms with Gasteiger partial charge in [0, 0.05) is 25.9 Å². The normalized spacial score (nSPS) is 43.8. The number of rotatable bonds is 8. The summed E-state index contributed by atoms with van der Waals surface area (Å²) in [6, 6.07) is 3.36. The van der Waals surface area contributed by atoms with Gasteiger partial charge in [-0.2, -0.15) is 0 Å². The number of nitrogens with zero attached hydrogens (tertiary/aromatic N) is 2. The Kier molecular flexibility index (Phi) is 9.85. The van der Waals surface area contributed by atoms with Gasteiger partial charge in [0.25, 0.3) is 6.07 Å². The average Bonchev–Trinajstić information content (AvgIpc) is 3.70. The quantitative estimate of drug-likeness (QED) is 0.236. The summed E-state index contributed by atoms with van der Waals surface area (Å²) in [6.07, 6.45) is 11.0. The molecule has 0 aromatic heterocycles. The van der Waals surface area contributed by atoms with Crippen LogP contribution in [0.25, 0.3) is 4.85 Å². The molecule has 7 aliphatic rings. The van der Waals surface area contributed by atoms with Crippen molar-refractivity contribution in [2.45, 2.75) is 183 Å². The van der Waals surface area contributed by atoms with Gasteiger partial charge in [-0.3, -0.25) is 14.4 Å². The van der Waals surface area contributed by atoms with E-state index < -0.39 is 34.5 Å². The van der Waals surface area contributed by atoms with Gasteiger partial charge in [-0.25, -0.2) is 4.79 Å². The highest BCUT2D eigenvalue weighted by atomic mass is 16.6. The van der Waals surface area contributed by atoms with Gasteiger partial charge < -0.3 is 24.8 Å². The fraction of sp³-hybridized carbons (Fsp3) is 0.891. The molecule has 0 aromatic rings. The number of carboxylic acid groups (broad SMARTS) is 1. The van der Waals surface area contributed by atoms with Gasteiger partial charge in [-0.1, -0.05) is 39.5 Å². The Balaban J connectivity index is 1.10. The third-order valence-corrected chi connectivity index (χ3v) is 18.1. The van der Waals surface area contributed by atoms with E-state index in [1.165, 1.54) is 12.8 Å². The molecule has 7 rings (SSSR count). The second-order valence-electron chi connectivity index (χ2n) is 22.6. The molecule has 0 radical (unpaired) electrons. The molecule has 0 bridgehead atoms. The monoisotopic (exact) mass is 779 g/mol. The topological polar surface area (TPSA) is 127 Å². The van der Waals surface area contributed by atoms with E-state index in [9.17, 15) is 24.3 Å². The van der Waals surface area contributed by atoms with E-state index in [0.717, 1.165) is 57.8 Å². The number of aliphatic carboxylic acids is 1. The molecule has 2 amide bonds. The summed E-state index contributed by atoms with van der Waals surface area (Å²) < 4.78 is 11.7. The number of carbonyl (C=O) groups is 4. The van der Waals surface area contributed by atoms with Crippen LogP contribution in [0.3, 0.4) is 0 Å². The Hall–Kier alpha value is -2.83. The lowest BCUT2D eigenvalue weighted by atomic mass is 9.30. The van der Waals surface area contributed by atoms with Crippen LogP contribution in [0.15, 0.2) is 0 Å². The molecule has 5 saturated carbocycles. The minimum absolute atomic E-state index is 0.0127. The van der Waals surface area contributed by atoms with Gasteiger partial charge in [0.05, 0.1) is 23.3 Å². The highest BCUT2D eigenvalue weighted by Crippen LogP contribution is 2.80. The zero-order chi connectivity index (χ0) is 41.1. The van der Waals surface area contributed by atoms with Crippen molar-refractivity contribution in [3.63, 3.8) is 0 Å². The molecule has 5 aliphatic carbocycles. The first-order valence-electron chi connectivity index (χ1n) is 22.1. The van der Waals surface area contributed by atoms with E-state index in [1.807, 2.05) is 25.7 Å². The first-order valence-corrected chi connectivity index (χ1v) is 22.1. The lowest BCUT2D eigenvalue weighted by Crippen LogP contribution is -2.75. The maximum absolute atomic E-state index is 14.3. The number of fused-ring (bicyclic) bond motifs is 6. The van der Waals surface area contributed by atoms with Crippen molar-refractivity contribution >= 4 is 23.9 Å². The second kappa shape index (κ2) is 13.3. The molecule has 2 heterocycles. The van der Waals surface area contributed by atoms with Crippen molar-refractivity contribution in [3.8, 4) is 6.07 Å². The highest BCUT2D eigenvalue weighted by Gasteiger charge is 2.86. The molecule has 6 fully saturated rings. The predicted molar refractivity (Wildman–Crippen MR) is 215 cm³/mol. The minimum Gasteiger partial charge on any atom is -0.481 e. The summed E-state index contributed by atoms with van der Waals surface area (Å²) >= 11 is 0. The predicted octanol–water partition coefficient (Wildman–Crippen LogP) is 9.10. The molecule has 12 atom stereocenters. The summed E-state index contributed by atoms with van der Waals surface area (Å²) in [4.78, 5) is 59.1. The number of likely N-dealkylation sites (tertiary alicyclic amines) is 1. The lowest BCUT2D eigenvalue weighted by Gasteiger charge is -2.72. The van der Waals surface area contributed by atoms with E-state index in [1.54, 1.807) is 13.8 Å². The number of amides is 2. The fourth-order valence-corrected chi connectivity index (χ4v) is 14.8. The standard InChI is InChI=1S/C46H71N3O7/c1-28(2)30-14-18-45(24-34(50)49-23-16-29(26-49)48-38(54)56-39(3,4)5)21-19-41(8)31(36(30)45)12-13-32-42(41,9)20-22-46-43(32,10)17-15-33(44(46,11)27-47-46)55-35(51)25-40(6,7)37(52)53/h28-33,36H,12-26H2,1-11H3,(H-,48,52,53,54)/p+1/t29-,30?,31-,32+,33+,36-,41-,42-,43-,44-,45-,46+/m1/s1. The van der Waals surface area contributed by atoms with Crippen molar-refractivity contribution in [3.05, 3.63) is 4.85 Å². The Bertz CT molecular complexity index is 1710. The summed E-state index contributed by atoms with van der Waals surface area (Å²) in [5, 5.41) is 12.7. The number of alkyl carbamates (subject to hydrolysis) is 1. The largest absolute Gasteiger partial charge is 0.481 e. The van der Waals surface area contributed by atoms with Gasteiger partial charge in [0.1, 0.15) is 11.7 Å². The van der Waals surface area contributed by atoms with E-state index in [-0.39, 0.29) is 51.7 Å². The van der Waals surface area contributed by atoms with Crippen LogP contribution in [0.4, 0.5) is 4.79 Å². The maximum Gasteiger partial charge on any atom is 0.407 e. The SMILES string of the molecule is CC(C)C1CC[C@]2(CC(=O)N3CC[C@@H](NC(=O)OC(C)(C)C)C3)CC[C@]3(C)[C@H](CC[C@@H]4[C@@]5(C)CC[C@H](OC(=O)CC(C)(C)C(=O)O)[C@@]6(C)C#[N+][C@]65CC[C@]43C)[C@@H]12. The van der Waals surface area contributed by atoms with Gasteiger partial charge in [0.2, 0.25) is 11.3 Å². The molecule has 10 heteroatoms. The van der Waals surface area contributed by atoms with Crippen LogP contribution < -0.4 is 5.32 Å². The second-order valence-corrected chi connectivity index (χ2v) is 22.6. The Morgan fingerprint density at radius 2 is 1.57 bits per heavy atom. The molecule has 1 spiro atoms. The zero-order valence-corrected chi connectivity index (χ0v) is 36.4.